The Hall–Kier alpha value is -3.54. The molecule has 1 aromatic carbocycles. The Kier molecular flexibility index (Phi) is 4.52. The quantitative estimate of drug-likeness (QED) is 0.723. The van der Waals surface area contributed by atoms with Gasteiger partial charge in [0.1, 0.15) is 5.69 Å². The van der Waals surface area contributed by atoms with Gasteiger partial charge in [-0.25, -0.2) is 4.79 Å². The number of hydrogen-bond acceptors (Lipinski definition) is 4. The third-order valence-electron chi connectivity index (χ3n) is 3.71. The lowest BCUT2D eigenvalue weighted by Crippen LogP contribution is -2.18. The summed E-state index contributed by atoms with van der Waals surface area (Å²) in [5.41, 5.74) is 1.26. The maximum absolute atomic E-state index is 12.4. The maximum Gasteiger partial charge on any atom is 0.335 e. The second-order valence-corrected chi connectivity index (χ2v) is 5.43. The van der Waals surface area contributed by atoms with Crippen LogP contribution in [0.1, 0.15) is 32.0 Å². The zero-order valence-electron chi connectivity index (χ0n) is 13.1. The molecule has 0 fully saturated rings. The Bertz CT molecular complexity index is 991. The highest BCUT2D eigenvalue weighted by Crippen LogP contribution is 2.12. The summed E-state index contributed by atoms with van der Waals surface area (Å²) >= 11 is 0. The van der Waals surface area contributed by atoms with Gasteiger partial charge >= 0.3 is 5.97 Å². The lowest BCUT2D eigenvalue weighted by molar-refractivity contribution is 0.0696. The Labute approximate surface area is 143 Å². The molecule has 0 bridgehead atoms. The lowest BCUT2D eigenvalue weighted by atomic mass is 10.0. The Morgan fingerprint density at radius 3 is 2.44 bits per heavy atom. The Morgan fingerprint density at radius 1 is 1.00 bits per heavy atom. The molecule has 0 aliphatic carbocycles. The highest BCUT2D eigenvalue weighted by atomic mass is 16.4. The number of carbonyl (C=O) groups excluding carboxylic acids is 1. The van der Waals surface area contributed by atoms with Crippen LogP contribution < -0.4 is 5.56 Å². The van der Waals surface area contributed by atoms with E-state index in [1.807, 2.05) is 0 Å². The smallest absolute Gasteiger partial charge is 0.335 e. The first kappa shape index (κ1) is 16.3. The molecule has 2 heterocycles. The van der Waals surface area contributed by atoms with Crippen molar-refractivity contribution in [1.82, 2.24) is 9.55 Å². The van der Waals surface area contributed by atoms with Gasteiger partial charge in [0.25, 0.3) is 5.56 Å². The largest absolute Gasteiger partial charge is 0.478 e. The predicted molar refractivity (Wildman–Crippen MR) is 90.9 cm³/mol. The van der Waals surface area contributed by atoms with Crippen LogP contribution in [0.2, 0.25) is 0 Å². The number of pyridine rings is 2. The second kappa shape index (κ2) is 6.92. The van der Waals surface area contributed by atoms with E-state index in [1.54, 1.807) is 47.2 Å². The van der Waals surface area contributed by atoms with Crippen LogP contribution in [0.15, 0.2) is 71.8 Å². The summed E-state index contributed by atoms with van der Waals surface area (Å²) < 4.78 is 1.56. The van der Waals surface area contributed by atoms with Crippen LogP contribution in [-0.2, 0) is 6.54 Å². The van der Waals surface area contributed by atoms with Crippen molar-refractivity contribution in [3.63, 3.8) is 0 Å². The summed E-state index contributed by atoms with van der Waals surface area (Å²) in [5, 5.41) is 8.99. The van der Waals surface area contributed by atoms with Gasteiger partial charge in [0.2, 0.25) is 5.78 Å². The van der Waals surface area contributed by atoms with Crippen molar-refractivity contribution in [3.05, 3.63) is 99.7 Å². The van der Waals surface area contributed by atoms with Crippen LogP contribution in [0.4, 0.5) is 0 Å². The fourth-order valence-corrected chi connectivity index (χ4v) is 2.39. The molecule has 2 aromatic heterocycles. The highest BCUT2D eigenvalue weighted by molar-refractivity contribution is 6.08. The maximum atomic E-state index is 12.4. The van der Waals surface area contributed by atoms with Gasteiger partial charge in [0, 0.05) is 24.0 Å². The SMILES string of the molecule is O=C(O)c1ccnc(C(=O)c2ccc(Cn3ccccc3=O)cc2)c1. The van der Waals surface area contributed by atoms with Gasteiger partial charge in [-0.3, -0.25) is 14.6 Å². The van der Waals surface area contributed by atoms with Gasteiger partial charge in [-0.05, 0) is 23.8 Å². The summed E-state index contributed by atoms with van der Waals surface area (Å²) in [5.74, 6) is -1.47. The van der Waals surface area contributed by atoms with Gasteiger partial charge in [-0.1, -0.05) is 30.3 Å². The summed E-state index contributed by atoms with van der Waals surface area (Å²) in [6.07, 6.45) is 3.00. The normalized spacial score (nSPS) is 10.4. The number of rotatable bonds is 5. The molecule has 1 N–H and O–H groups in total. The van der Waals surface area contributed by atoms with Crippen LogP contribution in [-0.4, -0.2) is 26.4 Å². The lowest BCUT2D eigenvalue weighted by Gasteiger charge is -2.06. The molecule has 0 aliphatic rings. The highest BCUT2D eigenvalue weighted by Gasteiger charge is 2.13. The summed E-state index contributed by atoms with van der Waals surface area (Å²) in [6.45, 7) is 0.404. The molecule has 3 rings (SSSR count). The van der Waals surface area contributed by atoms with Crippen LogP contribution in [0.5, 0.6) is 0 Å². The summed E-state index contributed by atoms with van der Waals surface area (Å²) in [6, 6.07) is 14.3. The number of carbonyl (C=O) groups is 2. The van der Waals surface area contributed by atoms with Crippen LogP contribution in [0.3, 0.4) is 0 Å². The molecule has 124 valence electrons. The van der Waals surface area contributed by atoms with Crippen molar-refractivity contribution in [2.45, 2.75) is 6.54 Å². The van der Waals surface area contributed by atoms with Crippen LogP contribution in [0.25, 0.3) is 0 Å². The first-order valence-corrected chi connectivity index (χ1v) is 7.53. The zero-order chi connectivity index (χ0) is 17.8. The van der Waals surface area contributed by atoms with E-state index in [-0.39, 0.29) is 22.6 Å². The van der Waals surface area contributed by atoms with Gasteiger partial charge < -0.3 is 9.67 Å². The number of benzene rings is 1. The first-order valence-electron chi connectivity index (χ1n) is 7.53. The number of aromatic carboxylic acids is 1. The number of hydrogen-bond donors (Lipinski definition) is 1. The van der Waals surface area contributed by atoms with Crippen molar-refractivity contribution in [2.24, 2.45) is 0 Å². The molecule has 6 heteroatoms. The van der Waals surface area contributed by atoms with Crippen molar-refractivity contribution in [1.29, 1.82) is 0 Å². The number of nitrogens with zero attached hydrogens (tertiary/aromatic N) is 2. The predicted octanol–water partition coefficient (Wildman–Crippen LogP) is 2.22. The van der Waals surface area contributed by atoms with E-state index in [1.165, 1.54) is 24.4 Å². The standard InChI is InChI=1S/C19H14N2O4/c22-17-3-1-2-10-21(17)12-13-4-6-14(7-5-13)18(23)16-11-15(19(24)25)8-9-20-16/h1-11H,12H2,(H,24,25). The molecule has 0 spiro atoms. The van der Waals surface area contributed by atoms with Gasteiger partial charge in [-0.2, -0.15) is 0 Å². The van der Waals surface area contributed by atoms with Crippen LogP contribution in [0, 0.1) is 0 Å². The molecule has 0 radical (unpaired) electrons. The molecule has 0 saturated carbocycles. The minimum atomic E-state index is -1.11. The van der Waals surface area contributed by atoms with Crippen molar-refractivity contribution in [3.8, 4) is 0 Å². The zero-order valence-corrected chi connectivity index (χ0v) is 13.1. The summed E-state index contributed by atoms with van der Waals surface area (Å²) in [7, 11) is 0. The molecule has 0 saturated heterocycles. The minimum absolute atomic E-state index is 0.0124. The number of aromatic nitrogens is 2. The average Bonchev–Trinajstić information content (AvgIpc) is 2.64. The molecule has 0 atom stereocenters. The van der Waals surface area contributed by atoms with E-state index in [2.05, 4.69) is 4.98 Å². The van der Waals surface area contributed by atoms with Crippen molar-refractivity contribution >= 4 is 11.8 Å². The Balaban J connectivity index is 1.81. The van der Waals surface area contributed by atoms with Gasteiger partial charge in [-0.15, -0.1) is 0 Å². The third kappa shape index (κ3) is 3.69. The van der Waals surface area contributed by atoms with E-state index in [9.17, 15) is 14.4 Å². The van der Waals surface area contributed by atoms with Crippen LogP contribution >= 0.6 is 0 Å². The monoisotopic (exact) mass is 334 g/mol. The van der Waals surface area contributed by atoms with Crippen molar-refractivity contribution < 1.29 is 14.7 Å². The Morgan fingerprint density at radius 2 is 1.76 bits per heavy atom. The molecule has 0 amide bonds. The van der Waals surface area contributed by atoms with E-state index >= 15 is 0 Å². The molecular weight excluding hydrogens is 320 g/mol. The number of carboxylic acid groups (broad SMARTS) is 1. The van der Waals surface area contributed by atoms with Crippen molar-refractivity contribution in [2.75, 3.05) is 0 Å². The molecule has 0 unspecified atom stereocenters. The molecule has 0 aliphatic heterocycles. The van der Waals surface area contributed by atoms with Gasteiger partial charge in [0.15, 0.2) is 0 Å². The molecule has 6 nitrogen and oxygen atoms in total. The number of ketones is 1. The third-order valence-corrected chi connectivity index (χ3v) is 3.71. The van der Waals surface area contributed by atoms with E-state index in [0.717, 1.165) is 5.56 Å². The fourth-order valence-electron chi connectivity index (χ4n) is 2.39. The second-order valence-electron chi connectivity index (χ2n) is 5.43. The fraction of sp³-hybridized carbons (Fsp3) is 0.0526. The molecular formula is C19H14N2O4. The first-order chi connectivity index (χ1) is 12.0. The van der Waals surface area contributed by atoms with Gasteiger partial charge in [0.05, 0.1) is 12.1 Å². The molecule has 25 heavy (non-hydrogen) atoms. The molecule has 3 aromatic rings. The topological polar surface area (TPSA) is 89.3 Å². The average molecular weight is 334 g/mol. The van der Waals surface area contributed by atoms with E-state index in [0.29, 0.717) is 12.1 Å². The number of carboxylic acids is 1. The van der Waals surface area contributed by atoms with E-state index in [4.69, 9.17) is 5.11 Å². The van der Waals surface area contributed by atoms with E-state index < -0.39 is 5.97 Å². The summed E-state index contributed by atoms with van der Waals surface area (Å²) in [4.78, 5) is 39.1. The minimum Gasteiger partial charge on any atom is -0.478 e.